The van der Waals surface area contributed by atoms with Gasteiger partial charge in [0.05, 0.1) is 17.9 Å². The summed E-state index contributed by atoms with van der Waals surface area (Å²) in [6, 6.07) is 71.1. The van der Waals surface area contributed by atoms with Gasteiger partial charge in [-0.3, -0.25) is 0 Å². The molecule has 0 amide bonds. The molecule has 66 heavy (non-hydrogen) atoms. The Morgan fingerprint density at radius 1 is 0.288 bits per heavy atom. The summed E-state index contributed by atoms with van der Waals surface area (Å²) in [6.07, 6.45) is 0. The fourth-order valence-electron chi connectivity index (χ4n) is 10.9. The van der Waals surface area contributed by atoms with Crippen molar-refractivity contribution in [3.63, 3.8) is 0 Å². The second-order valence-electron chi connectivity index (χ2n) is 17.1. The molecule has 0 aliphatic rings. The van der Waals surface area contributed by atoms with Gasteiger partial charge in [-0.15, -0.1) is 0 Å². The van der Waals surface area contributed by atoms with Crippen molar-refractivity contribution < 1.29 is 11.3 Å². The smallest absolute Gasteiger partial charge is 0.136 e. The minimum absolute atomic E-state index is 0.197. The van der Waals surface area contributed by atoms with Crippen molar-refractivity contribution in [2.75, 3.05) is 0 Å². The molecule has 0 radical (unpaired) electrons. The van der Waals surface area contributed by atoms with Crippen molar-refractivity contribution in [3.05, 3.63) is 236 Å². The molecule has 14 rings (SSSR count). The molecule has 0 aliphatic carbocycles. The summed E-state index contributed by atoms with van der Waals surface area (Å²) in [6.45, 7) is 0. The summed E-state index contributed by atoms with van der Waals surface area (Å²) >= 11 is 0. The van der Waals surface area contributed by atoms with Crippen LogP contribution in [0.3, 0.4) is 0 Å². The van der Waals surface area contributed by atoms with Crippen molar-refractivity contribution in [1.82, 2.24) is 4.57 Å². The Morgan fingerprint density at radius 2 is 0.682 bits per heavy atom. The van der Waals surface area contributed by atoms with Crippen LogP contribution < -0.4 is 0 Å². The topological polar surface area (TPSA) is 18.1 Å². The minimum Gasteiger partial charge on any atom is -0.456 e. The Hall–Kier alpha value is -8.72. The van der Waals surface area contributed by atoms with Gasteiger partial charge in [0.1, 0.15) is 11.2 Å². The second kappa shape index (κ2) is 14.4. The van der Waals surface area contributed by atoms with Gasteiger partial charge in [0.2, 0.25) is 0 Å². The van der Waals surface area contributed by atoms with E-state index in [0.29, 0.717) is 5.56 Å². The van der Waals surface area contributed by atoms with Crippen molar-refractivity contribution in [1.29, 1.82) is 0 Å². The highest BCUT2D eigenvalue weighted by atomic mass is 16.3. The predicted octanol–water partition coefficient (Wildman–Crippen LogP) is 18.0. The fraction of sp³-hybridized carbons (Fsp3) is 0. The number of hydrogen-bond donors (Lipinski definition) is 0. The van der Waals surface area contributed by atoms with Crippen LogP contribution in [-0.2, 0) is 0 Å². The Morgan fingerprint density at radius 3 is 1.18 bits per heavy atom. The third-order valence-corrected chi connectivity index (χ3v) is 13.7. The summed E-state index contributed by atoms with van der Waals surface area (Å²) in [4.78, 5) is 0. The number of fused-ring (bicyclic) bond motifs is 10. The molecule has 0 unspecified atom stereocenters. The fourth-order valence-corrected chi connectivity index (χ4v) is 10.9. The highest BCUT2D eigenvalue weighted by molar-refractivity contribution is 6.24. The van der Waals surface area contributed by atoms with Crippen LogP contribution in [0, 0.1) is 0 Å². The van der Waals surface area contributed by atoms with Crippen LogP contribution in [-0.4, -0.2) is 4.57 Å². The van der Waals surface area contributed by atoms with Gasteiger partial charge in [-0.05, 0) is 136 Å². The van der Waals surface area contributed by atoms with E-state index in [0.717, 1.165) is 87.8 Å². The van der Waals surface area contributed by atoms with Crippen LogP contribution >= 0.6 is 0 Å². The monoisotopic (exact) mass is 842 g/mol. The van der Waals surface area contributed by atoms with E-state index in [-0.39, 0.29) is 29.7 Å². The molecule has 0 saturated carbocycles. The lowest BCUT2D eigenvalue weighted by atomic mass is 9.85. The Kier molecular flexibility index (Phi) is 6.99. The van der Waals surface area contributed by atoms with Gasteiger partial charge < -0.3 is 8.98 Å². The first kappa shape index (κ1) is 32.0. The Bertz CT molecular complexity index is 4390. The number of rotatable bonds is 5. The van der Waals surface area contributed by atoms with Gasteiger partial charge in [-0.2, -0.15) is 0 Å². The van der Waals surface area contributed by atoms with Crippen LogP contribution in [0.15, 0.2) is 241 Å². The number of nitrogens with zero attached hydrogens (tertiary/aromatic N) is 1. The summed E-state index contributed by atoms with van der Waals surface area (Å²) in [5, 5.41) is 12.6. The first-order valence-electron chi connectivity index (χ1n) is 24.8. The second-order valence-corrected chi connectivity index (χ2v) is 17.1. The average molecular weight is 843 g/mol. The van der Waals surface area contributed by atoms with E-state index < -0.39 is 6.04 Å². The third-order valence-electron chi connectivity index (χ3n) is 13.7. The molecular weight excluding hydrogens is 799 g/mol. The van der Waals surface area contributed by atoms with Gasteiger partial charge in [0.15, 0.2) is 0 Å². The van der Waals surface area contributed by atoms with Gasteiger partial charge >= 0.3 is 0 Å². The number of furan rings is 1. The standard InChI is InChI=1S/C64H39NO/c1-2-16-40(17-3-1)61-48-20-4-8-24-52(48)63(53-25-9-5-21-49(53)61)42-33-37-59-56(38-42)47-36-32-43(39-60(47)66-59)64-54-26-10-6-22-50(54)62(51-23-7-11-27-55(51)64)41-30-34-44(35-31-41)65-57-28-14-12-18-45(57)46-19-13-15-29-58(46)65/h1-39H/i1D,2D,3D,16D,17D. The van der Waals surface area contributed by atoms with Crippen molar-refractivity contribution in [2.24, 2.45) is 0 Å². The van der Waals surface area contributed by atoms with E-state index in [9.17, 15) is 0 Å². The van der Waals surface area contributed by atoms with E-state index in [1.807, 2.05) is 42.5 Å². The van der Waals surface area contributed by atoms with E-state index in [1.165, 1.54) is 38.1 Å². The SMILES string of the molecule is [2H]c1c([2H])c([2H])c(-c2c3ccccc3c(-c3ccc4oc5cc(-c6c7ccccc7c(-c7ccc(-n8c9ccccc9c9ccccc98)cc7)c7ccccc67)ccc5c4c3)c3ccccc23)c([2H])c1[2H]. The van der Waals surface area contributed by atoms with E-state index in [2.05, 4.69) is 168 Å². The zero-order valence-corrected chi connectivity index (χ0v) is 35.5. The molecule has 306 valence electrons. The molecule has 0 N–H and O–H groups in total. The lowest BCUT2D eigenvalue weighted by molar-refractivity contribution is 0.669. The molecule has 2 nitrogen and oxygen atoms in total. The summed E-state index contributed by atoms with van der Waals surface area (Å²) in [7, 11) is 0. The first-order chi connectivity index (χ1) is 34.8. The van der Waals surface area contributed by atoms with Crippen molar-refractivity contribution >= 4 is 86.8 Å². The molecule has 2 aromatic heterocycles. The largest absolute Gasteiger partial charge is 0.456 e. The molecule has 0 spiro atoms. The van der Waals surface area contributed by atoms with Gasteiger partial charge in [-0.25, -0.2) is 0 Å². The predicted molar refractivity (Wildman–Crippen MR) is 280 cm³/mol. The zero-order chi connectivity index (χ0) is 47.6. The number of aromatic nitrogens is 1. The lowest BCUT2D eigenvalue weighted by Crippen LogP contribution is -1.94. The molecule has 0 fully saturated rings. The number of para-hydroxylation sites is 2. The molecule has 0 atom stereocenters. The number of benzene rings is 12. The quantitative estimate of drug-likeness (QED) is 0.158. The highest BCUT2D eigenvalue weighted by Crippen LogP contribution is 2.47. The first-order valence-corrected chi connectivity index (χ1v) is 22.3. The normalized spacial score (nSPS) is 13.0. The minimum atomic E-state index is -0.407. The summed E-state index contributed by atoms with van der Waals surface area (Å²) in [5.74, 6) is 0. The van der Waals surface area contributed by atoms with Gasteiger partial charge in [-0.1, -0.05) is 188 Å². The molecular formula is C64H39NO. The third kappa shape index (κ3) is 5.42. The Balaban J connectivity index is 0.912. The van der Waals surface area contributed by atoms with Crippen LogP contribution in [0.4, 0.5) is 0 Å². The maximum Gasteiger partial charge on any atom is 0.136 e. The molecule has 0 aliphatic heterocycles. The van der Waals surface area contributed by atoms with Gasteiger partial charge in [0, 0.05) is 27.2 Å². The number of hydrogen-bond acceptors (Lipinski definition) is 1. The summed E-state index contributed by atoms with van der Waals surface area (Å²) < 4.78 is 52.4. The maximum atomic E-state index is 8.97. The Labute approximate surface area is 387 Å². The van der Waals surface area contributed by atoms with Crippen molar-refractivity contribution in [2.45, 2.75) is 0 Å². The summed E-state index contributed by atoms with van der Waals surface area (Å²) in [5.41, 5.74) is 12.4. The van der Waals surface area contributed by atoms with Crippen LogP contribution in [0.2, 0.25) is 0 Å². The zero-order valence-electron chi connectivity index (χ0n) is 40.5. The highest BCUT2D eigenvalue weighted by Gasteiger charge is 2.21. The van der Waals surface area contributed by atoms with Crippen LogP contribution in [0.1, 0.15) is 6.85 Å². The molecule has 0 saturated heterocycles. The van der Waals surface area contributed by atoms with Crippen molar-refractivity contribution in [3.8, 4) is 50.2 Å². The van der Waals surface area contributed by atoms with Gasteiger partial charge in [0.25, 0.3) is 0 Å². The molecule has 0 bridgehead atoms. The average Bonchev–Trinajstić information content (AvgIpc) is 3.96. The van der Waals surface area contributed by atoms with E-state index in [4.69, 9.17) is 11.3 Å². The lowest BCUT2D eigenvalue weighted by Gasteiger charge is -2.18. The maximum absolute atomic E-state index is 8.97. The molecule has 2 heteroatoms. The molecule has 2 heterocycles. The molecule has 12 aromatic carbocycles. The van der Waals surface area contributed by atoms with E-state index >= 15 is 0 Å². The van der Waals surface area contributed by atoms with Crippen LogP contribution in [0.25, 0.3) is 137 Å². The molecule has 14 aromatic rings. The van der Waals surface area contributed by atoms with E-state index in [1.54, 1.807) is 0 Å². The van der Waals surface area contributed by atoms with Crippen LogP contribution in [0.5, 0.6) is 0 Å².